The van der Waals surface area contributed by atoms with Crippen molar-refractivity contribution in [3.8, 4) is 0 Å². The zero-order chi connectivity index (χ0) is 14.8. The molecule has 0 bridgehead atoms. The van der Waals surface area contributed by atoms with Gasteiger partial charge in [0.05, 0.1) is 0 Å². The fraction of sp³-hybridized carbons (Fsp3) is 0.600. The van der Waals surface area contributed by atoms with Crippen molar-refractivity contribution >= 4 is 6.09 Å². The fourth-order valence-electron chi connectivity index (χ4n) is 2.42. The summed E-state index contributed by atoms with van der Waals surface area (Å²) in [6.07, 6.45) is 3.45. The van der Waals surface area contributed by atoms with Crippen LogP contribution in [0.15, 0.2) is 23.1 Å². The molecule has 1 amide bonds. The van der Waals surface area contributed by atoms with Crippen molar-refractivity contribution < 1.29 is 9.53 Å². The summed E-state index contributed by atoms with van der Waals surface area (Å²) in [5.41, 5.74) is 0.494. The van der Waals surface area contributed by atoms with Gasteiger partial charge in [0.1, 0.15) is 5.60 Å². The van der Waals surface area contributed by atoms with Crippen molar-refractivity contribution in [2.75, 3.05) is 13.1 Å². The average Bonchev–Trinajstić information content (AvgIpc) is 2.38. The van der Waals surface area contributed by atoms with Crippen LogP contribution in [0.4, 0.5) is 4.79 Å². The topological polar surface area (TPSA) is 62.4 Å². The second-order valence-electron chi connectivity index (χ2n) is 6.25. The zero-order valence-electron chi connectivity index (χ0n) is 12.3. The van der Waals surface area contributed by atoms with Gasteiger partial charge in [-0.2, -0.15) is 0 Å². The summed E-state index contributed by atoms with van der Waals surface area (Å²) in [5.74, 6) is 0.258. The first-order valence-corrected chi connectivity index (χ1v) is 7.02. The summed E-state index contributed by atoms with van der Waals surface area (Å²) in [7, 11) is 0. The molecule has 0 aliphatic carbocycles. The van der Waals surface area contributed by atoms with Gasteiger partial charge in [-0.3, -0.25) is 4.79 Å². The quantitative estimate of drug-likeness (QED) is 0.858. The van der Waals surface area contributed by atoms with Gasteiger partial charge in [0.25, 0.3) is 0 Å². The Morgan fingerprint density at radius 2 is 2.15 bits per heavy atom. The van der Waals surface area contributed by atoms with Gasteiger partial charge < -0.3 is 14.6 Å². The first-order valence-electron chi connectivity index (χ1n) is 7.02. The van der Waals surface area contributed by atoms with E-state index in [1.54, 1.807) is 11.1 Å². The van der Waals surface area contributed by atoms with E-state index in [1.165, 1.54) is 6.07 Å². The molecule has 0 saturated carbocycles. The lowest BCUT2D eigenvalue weighted by molar-refractivity contribution is 0.0198. The molecule has 2 heterocycles. The number of likely N-dealkylation sites (tertiary alicyclic amines) is 1. The maximum Gasteiger partial charge on any atom is 0.410 e. The molecule has 0 spiro atoms. The lowest BCUT2D eigenvalue weighted by atomic mass is 9.92. The fourth-order valence-corrected chi connectivity index (χ4v) is 2.42. The van der Waals surface area contributed by atoms with Crippen LogP contribution in [-0.2, 0) is 4.74 Å². The number of pyridine rings is 1. The number of aromatic nitrogens is 1. The molecule has 1 unspecified atom stereocenters. The van der Waals surface area contributed by atoms with E-state index in [-0.39, 0.29) is 17.6 Å². The maximum atomic E-state index is 12.1. The number of aromatic amines is 1. The Hall–Kier alpha value is -1.78. The molecule has 1 fully saturated rings. The van der Waals surface area contributed by atoms with E-state index in [0.717, 1.165) is 24.9 Å². The summed E-state index contributed by atoms with van der Waals surface area (Å²) in [6, 6.07) is 3.36. The Morgan fingerprint density at radius 3 is 2.75 bits per heavy atom. The first-order chi connectivity index (χ1) is 9.35. The second-order valence-corrected chi connectivity index (χ2v) is 6.25. The number of piperidine rings is 1. The molecule has 1 saturated heterocycles. The van der Waals surface area contributed by atoms with E-state index in [4.69, 9.17) is 4.74 Å². The molecular formula is C15H22N2O3. The van der Waals surface area contributed by atoms with E-state index in [2.05, 4.69) is 4.98 Å². The number of amides is 1. The number of carbonyl (C=O) groups excluding carboxylic acids is 1. The number of hydrogen-bond acceptors (Lipinski definition) is 3. The third kappa shape index (κ3) is 3.85. The molecule has 0 aromatic carbocycles. The lowest BCUT2D eigenvalue weighted by Crippen LogP contribution is -2.42. The monoisotopic (exact) mass is 278 g/mol. The third-order valence-electron chi connectivity index (χ3n) is 3.35. The number of nitrogens with one attached hydrogen (secondary N) is 1. The Labute approximate surface area is 118 Å². The maximum absolute atomic E-state index is 12.1. The molecule has 2 rings (SSSR count). The number of ether oxygens (including phenoxy) is 1. The predicted octanol–water partition coefficient (Wildman–Crippen LogP) is 2.49. The zero-order valence-corrected chi connectivity index (χ0v) is 12.3. The Bertz CT molecular complexity index is 510. The summed E-state index contributed by atoms with van der Waals surface area (Å²) in [4.78, 5) is 27.6. The summed E-state index contributed by atoms with van der Waals surface area (Å²) < 4.78 is 5.41. The SMILES string of the molecule is CC(C)(C)OC(=O)N1CCCC(c2ccc(=O)[nH]c2)C1. The molecule has 1 N–H and O–H groups in total. The highest BCUT2D eigenvalue weighted by Crippen LogP contribution is 2.26. The second kappa shape index (κ2) is 5.69. The summed E-state index contributed by atoms with van der Waals surface area (Å²) in [5, 5.41) is 0. The third-order valence-corrected chi connectivity index (χ3v) is 3.35. The minimum atomic E-state index is -0.470. The van der Waals surface area contributed by atoms with Gasteiger partial charge in [0.15, 0.2) is 0 Å². The lowest BCUT2D eigenvalue weighted by Gasteiger charge is -2.34. The molecule has 1 atom stereocenters. The van der Waals surface area contributed by atoms with Crippen LogP contribution < -0.4 is 5.56 Å². The normalized spacial score (nSPS) is 19.8. The molecule has 5 heteroatoms. The average molecular weight is 278 g/mol. The largest absolute Gasteiger partial charge is 0.444 e. The summed E-state index contributed by atoms with van der Waals surface area (Å²) >= 11 is 0. The van der Waals surface area contributed by atoms with Crippen LogP contribution in [0.25, 0.3) is 0 Å². The van der Waals surface area contributed by atoms with Crippen LogP contribution in [0.5, 0.6) is 0 Å². The molecule has 5 nitrogen and oxygen atoms in total. The standard InChI is InChI=1S/C15H22N2O3/c1-15(2,3)20-14(19)17-8-4-5-12(10-17)11-6-7-13(18)16-9-11/h6-7,9,12H,4-5,8,10H2,1-3H3,(H,16,18). The van der Waals surface area contributed by atoms with Crippen molar-refractivity contribution in [2.45, 2.75) is 45.1 Å². The highest BCUT2D eigenvalue weighted by atomic mass is 16.6. The minimum absolute atomic E-state index is 0.103. The predicted molar refractivity (Wildman–Crippen MR) is 76.8 cm³/mol. The van der Waals surface area contributed by atoms with Crippen LogP contribution in [0.1, 0.15) is 45.1 Å². The van der Waals surface area contributed by atoms with Gasteiger partial charge in [0.2, 0.25) is 5.56 Å². The van der Waals surface area contributed by atoms with Crippen LogP contribution in [0.2, 0.25) is 0 Å². The number of nitrogens with zero attached hydrogens (tertiary/aromatic N) is 1. The highest BCUT2D eigenvalue weighted by molar-refractivity contribution is 5.68. The van der Waals surface area contributed by atoms with Crippen LogP contribution in [0, 0.1) is 0 Å². The van der Waals surface area contributed by atoms with Gasteiger partial charge in [0, 0.05) is 31.3 Å². The molecule has 1 aliphatic rings. The smallest absolute Gasteiger partial charge is 0.410 e. The van der Waals surface area contributed by atoms with Gasteiger partial charge in [-0.25, -0.2) is 4.79 Å². The van der Waals surface area contributed by atoms with E-state index >= 15 is 0 Å². The first kappa shape index (κ1) is 14.6. The number of rotatable bonds is 1. The molecule has 1 aromatic rings. The van der Waals surface area contributed by atoms with Crippen LogP contribution in [-0.4, -0.2) is 34.7 Å². The molecule has 1 aliphatic heterocycles. The highest BCUT2D eigenvalue weighted by Gasteiger charge is 2.28. The van der Waals surface area contributed by atoms with Crippen molar-refractivity contribution in [3.05, 3.63) is 34.2 Å². The Morgan fingerprint density at radius 1 is 1.40 bits per heavy atom. The van der Waals surface area contributed by atoms with E-state index in [1.807, 2.05) is 26.8 Å². The molecule has 1 aromatic heterocycles. The van der Waals surface area contributed by atoms with Crippen molar-refractivity contribution in [1.29, 1.82) is 0 Å². The van der Waals surface area contributed by atoms with Gasteiger partial charge in [-0.1, -0.05) is 6.07 Å². The van der Waals surface area contributed by atoms with Gasteiger partial charge >= 0.3 is 6.09 Å². The number of H-pyrrole nitrogens is 1. The van der Waals surface area contributed by atoms with Crippen molar-refractivity contribution in [3.63, 3.8) is 0 Å². The Balaban J connectivity index is 2.03. The summed E-state index contributed by atoms with van der Waals surface area (Å²) in [6.45, 7) is 6.98. The number of hydrogen-bond donors (Lipinski definition) is 1. The molecular weight excluding hydrogens is 256 g/mol. The van der Waals surface area contributed by atoms with Crippen molar-refractivity contribution in [2.24, 2.45) is 0 Å². The molecule has 110 valence electrons. The van der Waals surface area contributed by atoms with Crippen LogP contribution >= 0.6 is 0 Å². The van der Waals surface area contributed by atoms with E-state index in [0.29, 0.717) is 6.54 Å². The van der Waals surface area contributed by atoms with Gasteiger partial charge in [-0.15, -0.1) is 0 Å². The Kier molecular flexibility index (Phi) is 4.16. The molecule has 0 radical (unpaired) electrons. The number of carbonyl (C=O) groups is 1. The minimum Gasteiger partial charge on any atom is -0.444 e. The van der Waals surface area contributed by atoms with Crippen LogP contribution in [0.3, 0.4) is 0 Å². The van der Waals surface area contributed by atoms with Crippen molar-refractivity contribution in [1.82, 2.24) is 9.88 Å². The van der Waals surface area contributed by atoms with Gasteiger partial charge in [-0.05, 0) is 39.2 Å². The molecule has 20 heavy (non-hydrogen) atoms. The van der Waals surface area contributed by atoms with E-state index in [9.17, 15) is 9.59 Å². The van der Waals surface area contributed by atoms with E-state index < -0.39 is 5.60 Å².